The number of likely N-dealkylation sites (tertiary alicyclic amines) is 1. The molecule has 6 rings (SSSR count). The number of ether oxygens (including phenoxy) is 1. The molecular weight excluding hydrogens is 400 g/mol. The van der Waals surface area contributed by atoms with Gasteiger partial charge in [0, 0.05) is 18.6 Å². The van der Waals surface area contributed by atoms with E-state index in [2.05, 4.69) is 4.72 Å². The molecule has 1 saturated heterocycles. The number of piperidine rings is 1. The highest BCUT2D eigenvalue weighted by Gasteiger charge is 2.52. The normalized spacial score (nSPS) is 33.0. The van der Waals surface area contributed by atoms with Gasteiger partial charge < -0.3 is 9.64 Å². The largest absolute Gasteiger partial charge is 0.496 e. The molecule has 0 radical (unpaired) electrons. The minimum Gasteiger partial charge on any atom is -0.496 e. The van der Waals surface area contributed by atoms with Crippen LogP contribution >= 0.6 is 0 Å². The third-order valence-corrected chi connectivity index (χ3v) is 9.32. The number of carbonyl (C=O) groups is 1. The van der Waals surface area contributed by atoms with Gasteiger partial charge in [-0.05, 0) is 93.7 Å². The summed E-state index contributed by atoms with van der Waals surface area (Å²) in [5.41, 5.74) is 0.0395. The van der Waals surface area contributed by atoms with Crippen LogP contribution in [-0.2, 0) is 10.0 Å². The summed E-state index contributed by atoms with van der Waals surface area (Å²) in [6.45, 7) is 1.43. The fourth-order valence-electron chi connectivity index (χ4n) is 6.87. The zero-order chi connectivity index (χ0) is 20.9. The summed E-state index contributed by atoms with van der Waals surface area (Å²) >= 11 is 0. The van der Waals surface area contributed by atoms with Crippen molar-refractivity contribution in [3.05, 3.63) is 23.8 Å². The van der Waals surface area contributed by atoms with Crippen LogP contribution < -0.4 is 9.46 Å². The average Bonchev–Trinajstić information content (AvgIpc) is 2.71. The highest BCUT2D eigenvalue weighted by atomic mass is 32.2. The van der Waals surface area contributed by atoms with Crippen LogP contribution in [0.15, 0.2) is 23.1 Å². The zero-order valence-corrected chi connectivity index (χ0v) is 18.5. The van der Waals surface area contributed by atoms with E-state index in [1.807, 2.05) is 4.90 Å². The van der Waals surface area contributed by atoms with Crippen molar-refractivity contribution in [3.8, 4) is 5.75 Å². The van der Waals surface area contributed by atoms with Crippen molar-refractivity contribution in [2.45, 2.75) is 68.2 Å². The van der Waals surface area contributed by atoms with Gasteiger partial charge in [0.2, 0.25) is 10.0 Å². The van der Waals surface area contributed by atoms with Crippen LogP contribution in [0, 0.1) is 17.8 Å². The number of hydrogen-bond donors (Lipinski definition) is 1. The van der Waals surface area contributed by atoms with E-state index in [1.165, 1.54) is 32.4 Å². The Morgan fingerprint density at radius 2 is 1.63 bits per heavy atom. The first-order valence-electron chi connectivity index (χ1n) is 11.4. The van der Waals surface area contributed by atoms with Crippen LogP contribution in [0.1, 0.15) is 68.1 Å². The minimum atomic E-state index is -3.71. The Balaban J connectivity index is 1.42. The number of nitrogens with one attached hydrogen (secondary N) is 1. The number of sulfonamides is 1. The number of amides is 1. The fourth-order valence-corrected chi connectivity index (χ4v) is 8.33. The van der Waals surface area contributed by atoms with Gasteiger partial charge >= 0.3 is 0 Å². The maximum Gasteiger partial charge on any atom is 0.257 e. The van der Waals surface area contributed by atoms with Crippen LogP contribution in [0.25, 0.3) is 0 Å². The molecule has 1 aromatic rings. The van der Waals surface area contributed by atoms with E-state index in [-0.39, 0.29) is 16.3 Å². The first-order chi connectivity index (χ1) is 14.4. The summed E-state index contributed by atoms with van der Waals surface area (Å²) < 4.78 is 35.3. The van der Waals surface area contributed by atoms with Crippen molar-refractivity contribution in [1.29, 1.82) is 0 Å². The molecule has 4 bridgehead atoms. The fraction of sp³-hybridized carbons (Fsp3) is 0.696. The van der Waals surface area contributed by atoms with E-state index in [1.54, 1.807) is 12.1 Å². The number of hydrogen-bond acceptors (Lipinski definition) is 4. The van der Waals surface area contributed by atoms with Crippen molar-refractivity contribution in [1.82, 2.24) is 9.62 Å². The van der Waals surface area contributed by atoms with Crippen LogP contribution in [0.2, 0.25) is 0 Å². The number of rotatable bonds is 5. The Morgan fingerprint density at radius 1 is 1.03 bits per heavy atom. The molecule has 30 heavy (non-hydrogen) atoms. The van der Waals surface area contributed by atoms with Gasteiger partial charge in [-0.3, -0.25) is 4.79 Å². The van der Waals surface area contributed by atoms with E-state index in [0.29, 0.717) is 42.2 Å². The highest BCUT2D eigenvalue weighted by molar-refractivity contribution is 7.89. The lowest BCUT2D eigenvalue weighted by atomic mass is 9.53. The molecule has 0 aromatic heterocycles. The summed E-state index contributed by atoms with van der Waals surface area (Å²) in [5.74, 6) is 2.26. The molecule has 0 unspecified atom stereocenters. The Kier molecular flexibility index (Phi) is 5.09. The molecule has 0 spiro atoms. The van der Waals surface area contributed by atoms with E-state index in [0.717, 1.165) is 38.5 Å². The standard InChI is InChI=1S/C23H32N2O4S/c1-29-21-6-5-19(12-20(21)22(26)25-7-3-2-4-8-25)30(27,28)24-23-13-16-9-17(14-23)11-18(10-16)15-23/h5-6,12,16-18,24H,2-4,7-11,13-15H2,1H3. The third-order valence-electron chi connectivity index (χ3n) is 7.74. The maximum absolute atomic E-state index is 13.4. The van der Waals surface area contributed by atoms with Gasteiger partial charge in [0.15, 0.2) is 0 Å². The lowest BCUT2D eigenvalue weighted by Gasteiger charge is -2.56. The lowest BCUT2D eigenvalue weighted by molar-refractivity contribution is -0.00810. The highest BCUT2D eigenvalue weighted by Crippen LogP contribution is 2.56. The summed E-state index contributed by atoms with van der Waals surface area (Å²) in [6.07, 6.45) is 9.74. The molecular formula is C23H32N2O4S. The Morgan fingerprint density at radius 3 is 2.20 bits per heavy atom. The van der Waals surface area contributed by atoms with Gasteiger partial charge in [-0.2, -0.15) is 0 Å². The van der Waals surface area contributed by atoms with E-state index in [9.17, 15) is 13.2 Å². The zero-order valence-electron chi connectivity index (χ0n) is 17.7. The predicted molar refractivity (Wildman–Crippen MR) is 114 cm³/mol. The second kappa shape index (κ2) is 7.52. The Labute approximate surface area is 179 Å². The van der Waals surface area contributed by atoms with Crippen LogP contribution in [0.3, 0.4) is 0 Å². The molecule has 1 N–H and O–H groups in total. The number of nitrogens with zero attached hydrogens (tertiary/aromatic N) is 1. The molecule has 4 aliphatic carbocycles. The summed E-state index contributed by atoms with van der Waals surface area (Å²) in [6, 6.07) is 4.69. The molecule has 4 saturated carbocycles. The Hall–Kier alpha value is -1.60. The molecule has 1 heterocycles. The van der Waals surface area contributed by atoms with E-state index < -0.39 is 10.0 Å². The molecule has 1 amide bonds. The van der Waals surface area contributed by atoms with E-state index >= 15 is 0 Å². The lowest BCUT2D eigenvalue weighted by Crippen LogP contribution is -2.59. The van der Waals surface area contributed by atoms with Crippen molar-refractivity contribution >= 4 is 15.9 Å². The van der Waals surface area contributed by atoms with Crippen molar-refractivity contribution < 1.29 is 17.9 Å². The monoisotopic (exact) mass is 432 g/mol. The number of benzene rings is 1. The van der Waals surface area contributed by atoms with Crippen LogP contribution in [0.4, 0.5) is 0 Å². The van der Waals surface area contributed by atoms with Crippen LogP contribution in [0.5, 0.6) is 5.75 Å². The minimum absolute atomic E-state index is 0.140. The van der Waals surface area contributed by atoms with Gasteiger partial charge in [0.1, 0.15) is 5.75 Å². The Bertz CT molecular complexity index is 901. The van der Waals surface area contributed by atoms with Gasteiger partial charge in [-0.15, -0.1) is 0 Å². The maximum atomic E-state index is 13.4. The topological polar surface area (TPSA) is 75.7 Å². The quantitative estimate of drug-likeness (QED) is 0.772. The first kappa shape index (κ1) is 20.3. The second-order valence-electron chi connectivity index (χ2n) is 10.0. The van der Waals surface area contributed by atoms with Crippen molar-refractivity contribution in [2.75, 3.05) is 20.2 Å². The number of carbonyl (C=O) groups excluding carboxylic acids is 1. The van der Waals surface area contributed by atoms with Crippen molar-refractivity contribution in [2.24, 2.45) is 17.8 Å². The molecule has 7 heteroatoms. The van der Waals surface area contributed by atoms with Gasteiger partial charge in [-0.1, -0.05) is 0 Å². The molecule has 6 nitrogen and oxygen atoms in total. The van der Waals surface area contributed by atoms with Crippen molar-refractivity contribution in [3.63, 3.8) is 0 Å². The summed E-state index contributed by atoms with van der Waals surface area (Å²) in [7, 11) is -2.19. The predicted octanol–water partition coefficient (Wildman–Crippen LogP) is 3.57. The summed E-state index contributed by atoms with van der Waals surface area (Å²) in [4.78, 5) is 15.1. The van der Waals surface area contributed by atoms with E-state index in [4.69, 9.17) is 4.74 Å². The molecule has 1 aromatic carbocycles. The van der Waals surface area contributed by atoms with Gasteiger partial charge in [0.25, 0.3) is 5.91 Å². The SMILES string of the molecule is COc1ccc(S(=O)(=O)NC23CC4CC(CC(C4)C2)C3)cc1C(=O)N1CCCCC1. The van der Waals surface area contributed by atoms with Gasteiger partial charge in [-0.25, -0.2) is 13.1 Å². The smallest absolute Gasteiger partial charge is 0.257 e. The molecule has 164 valence electrons. The molecule has 1 aliphatic heterocycles. The second-order valence-corrected chi connectivity index (χ2v) is 11.7. The third kappa shape index (κ3) is 3.64. The molecule has 5 aliphatic rings. The molecule has 5 fully saturated rings. The van der Waals surface area contributed by atoms with Crippen LogP contribution in [-0.4, -0.2) is 45.0 Å². The number of methoxy groups -OCH3 is 1. The average molecular weight is 433 g/mol. The molecule has 0 atom stereocenters. The first-order valence-corrected chi connectivity index (χ1v) is 12.9. The van der Waals surface area contributed by atoms with Gasteiger partial charge in [0.05, 0.1) is 17.6 Å². The summed E-state index contributed by atoms with van der Waals surface area (Å²) in [5, 5.41) is 0.